The maximum Gasteiger partial charge on any atom is 0.323 e. The van der Waals surface area contributed by atoms with E-state index in [4.69, 9.17) is 16.6 Å². The fraction of sp³-hybridized carbons (Fsp3) is 0.160. The van der Waals surface area contributed by atoms with E-state index in [2.05, 4.69) is 36.4 Å². The Balaban J connectivity index is 1.64. The van der Waals surface area contributed by atoms with Crippen molar-refractivity contribution in [1.82, 2.24) is 9.97 Å². The minimum atomic E-state index is -0.335. The molecule has 2 N–H and O–H groups in total. The van der Waals surface area contributed by atoms with Crippen LogP contribution in [0.15, 0.2) is 73.1 Å². The molecule has 0 bridgehead atoms. The maximum atomic E-state index is 12.5. The lowest BCUT2D eigenvalue weighted by Gasteiger charge is -2.13. The number of urea groups is 1. The van der Waals surface area contributed by atoms with Gasteiger partial charge in [-0.1, -0.05) is 50.6 Å². The van der Waals surface area contributed by atoms with Crippen LogP contribution >= 0.6 is 22.9 Å². The molecule has 0 saturated heterocycles. The van der Waals surface area contributed by atoms with Gasteiger partial charge in [-0.15, -0.1) is 11.3 Å². The largest absolute Gasteiger partial charge is 0.323 e. The van der Waals surface area contributed by atoms with Crippen molar-refractivity contribution in [3.8, 4) is 21.7 Å². The van der Waals surface area contributed by atoms with Gasteiger partial charge in [-0.05, 0) is 48.0 Å². The smallest absolute Gasteiger partial charge is 0.308 e. The molecule has 0 aliphatic carbocycles. The van der Waals surface area contributed by atoms with Crippen LogP contribution in [-0.4, -0.2) is 16.0 Å². The molecule has 5 nitrogen and oxygen atoms in total. The third kappa shape index (κ3) is 5.15. The fourth-order valence-corrected chi connectivity index (χ4v) is 4.47. The molecule has 2 aromatic heterocycles. The highest BCUT2D eigenvalue weighted by Crippen LogP contribution is 2.41. The molecule has 0 unspecified atom stereocenters. The first-order valence-corrected chi connectivity index (χ1v) is 11.3. The monoisotopic (exact) mass is 462 g/mol. The topological polar surface area (TPSA) is 66.9 Å². The zero-order chi connectivity index (χ0) is 22.7. The molecular formula is C25H23ClN4OS. The molecule has 4 aromatic rings. The van der Waals surface area contributed by atoms with Crippen molar-refractivity contribution in [2.45, 2.75) is 26.2 Å². The van der Waals surface area contributed by atoms with Crippen molar-refractivity contribution < 1.29 is 4.79 Å². The molecule has 2 amide bonds. The Morgan fingerprint density at radius 1 is 0.906 bits per heavy atom. The van der Waals surface area contributed by atoms with Crippen LogP contribution in [0.4, 0.5) is 16.2 Å². The highest BCUT2D eigenvalue weighted by molar-refractivity contribution is 7.15. The fourth-order valence-electron chi connectivity index (χ4n) is 3.14. The van der Waals surface area contributed by atoms with Crippen LogP contribution in [0.25, 0.3) is 21.7 Å². The minimum absolute atomic E-state index is 0.0720. The summed E-state index contributed by atoms with van der Waals surface area (Å²) in [4.78, 5) is 22.6. The third-order valence-corrected chi connectivity index (χ3v) is 6.45. The number of carbonyl (C=O) groups excluding carboxylic acids is 1. The molecule has 2 heterocycles. The van der Waals surface area contributed by atoms with E-state index >= 15 is 0 Å². The van der Waals surface area contributed by atoms with Gasteiger partial charge in [0.1, 0.15) is 0 Å². The van der Waals surface area contributed by atoms with E-state index in [0.717, 1.165) is 26.7 Å². The van der Waals surface area contributed by atoms with Gasteiger partial charge in [0, 0.05) is 39.8 Å². The van der Waals surface area contributed by atoms with Crippen molar-refractivity contribution in [2.75, 3.05) is 10.6 Å². The highest BCUT2D eigenvalue weighted by Gasteiger charge is 2.23. The van der Waals surface area contributed by atoms with Crippen molar-refractivity contribution in [3.05, 3.63) is 83.1 Å². The highest BCUT2D eigenvalue weighted by atomic mass is 35.5. The van der Waals surface area contributed by atoms with E-state index in [-0.39, 0.29) is 11.4 Å². The van der Waals surface area contributed by atoms with Crippen LogP contribution in [0.5, 0.6) is 0 Å². The molecule has 0 fully saturated rings. The Morgan fingerprint density at radius 2 is 1.56 bits per heavy atom. The van der Waals surface area contributed by atoms with E-state index in [0.29, 0.717) is 16.4 Å². The number of carbonyl (C=O) groups is 1. The number of thiazole rings is 1. The number of pyridine rings is 1. The van der Waals surface area contributed by atoms with Gasteiger partial charge in [0.2, 0.25) is 0 Å². The van der Waals surface area contributed by atoms with E-state index in [1.807, 2.05) is 36.4 Å². The summed E-state index contributed by atoms with van der Waals surface area (Å²) < 4.78 is 0. The number of hydrogen-bond acceptors (Lipinski definition) is 4. The maximum absolute atomic E-state index is 12.5. The molecular weight excluding hydrogens is 440 g/mol. The molecule has 4 rings (SSSR count). The molecule has 0 spiro atoms. The standard InChI is InChI=1S/C25H23ClN4OS/c1-25(2,3)23-30-21(16-10-12-27-13-11-16)22(32-23)17-6-4-8-19(14-17)28-24(31)29-20-9-5-7-18(26)15-20/h4-15H,1-3H3,(H2,28,29,31). The molecule has 0 saturated carbocycles. The Labute approximate surface area is 196 Å². The molecule has 7 heteroatoms. The number of rotatable bonds is 4. The van der Waals surface area contributed by atoms with E-state index < -0.39 is 0 Å². The first-order chi connectivity index (χ1) is 15.3. The molecule has 162 valence electrons. The van der Waals surface area contributed by atoms with Crippen molar-refractivity contribution in [1.29, 1.82) is 0 Å². The van der Waals surface area contributed by atoms with Gasteiger partial charge in [-0.2, -0.15) is 0 Å². The summed E-state index contributed by atoms with van der Waals surface area (Å²) in [5, 5.41) is 7.31. The van der Waals surface area contributed by atoms with E-state index in [9.17, 15) is 4.79 Å². The predicted molar refractivity (Wildman–Crippen MR) is 134 cm³/mol. The third-order valence-electron chi connectivity index (χ3n) is 4.69. The lowest BCUT2D eigenvalue weighted by Crippen LogP contribution is -2.19. The zero-order valence-electron chi connectivity index (χ0n) is 18.0. The molecule has 0 aliphatic heterocycles. The van der Waals surface area contributed by atoms with Gasteiger partial charge < -0.3 is 10.6 Å². The number of amides is 2. The van der Waals surface area contributed by atoms with Gasteiger partial charge in [0.25, 0.3) is 0 Å². The van der Waals surface area contributed by atoms with Crippen LogP contribution in [0, 0.1) is 0 Å². The predicted octanol–water partition coefficient (Wildman–Crippen LogP) is 7.47. The summed E-state index contributed by atoms with van der Waals surface area (Å²) >= 11 is 7.67. The molecule has 0 atom stereocenters. The van der Waals surface area contributed by atoms with E-state index in [1.165, 1.54) is 0 Å². The Kier molecular flexibility index (Phi) is 6.26. The van der Waals surface area contributed by atoms with Gasteiger partial charge in [-0.25, -0.2) is 9.78 Å². The second-order valence-corrected chi connectivity index (χ2v) is 9.79. The Hall–Kier alpha value is -3.22. The summed E-state index contributed by atoms with van der Waals surface area (Å²) in [7, 11) is 0. The van der Waals surface area contributed by atoms with Crippen LogP contribution < -0.4 is 10.6 Å². The van der Waals surface area contributed by atoms with Crippen LogP contribution in [-0.2, 0) is 5.41 Å². The number of aromatic nitrogens is 2. The SMILES string of the molecule is CC(C)(C)c1nc(-c2ccncc2)c(-c2cccc(NC(=O)Nc3cccc(Cl)c3)c2)s1. The number of benzene rings is 2. The Morgan fingerprint density at radius 3 is 2.22 bits per heavy atom. The second kappa shape index (κ2) is 9.10. The normalized spacial score (nSPS) is 11.2. The number of nitrogens with one attached hydrogen (secondary N) is 2. The van der Waals surface area contributed by atoms with Crippen molar-refractivity contribution in [3.63, 3.8) is 0 Å². The lowest BCUT2D eigenvalue weighted by atomic mass is 9.98. The zero-order valence-corrected chi connectivity index (χ0v) is 19.6. The van der Waals surface area contributed by atoms with Crippen molar-refractivity contribution >= 4 is 40.3 Å². The molecule has 0 aliphatic rings. The number of nitrogens with zero attached hydrogens (tertiary/aromatic N) is 2. The molecule has 0 radical (unpaired) electrons. The van der Waals surface area contributed by atoms with E-state index in [1.54, 1.807) is 48.0 Å². The molecule has 32 heavy (non-hydrogen) atoms. The number of hydrogen-bond donors (Lipinski definition) is 2. The second-order valence-electron chi connectivity index (χ2n) is 8.35. The summed E-state index contributed by atoms with van der Waals surface area (Å²) in [6.45, 7) is 6.47. The first kappa shape index (κ1) is 22.0. The summed E-state index contributed by atoms with van der Waals surface area (Å²) in [5.41, 5.74) is 4.17. The quantitative estimate of drug-likeness (QED) is 0.330. The first-order valence-electron chi connectivity index (χ1n) is 10.2. The average Bonchev–Trinajstić information content (AvgIpc) is 3.21. The number of anilines is 2. The molecule has 2 aromatic carbocycles. The van der Waals surface area contributed by atoms with Gasteiger partial charge in [0.15, 0.2) is 0 Å². The summed E-state index contributed by atoms with van der Waals surface area (Å²) in [6, 6.07) is 18.4. The van der Waals surface area contributed by atoms with Crippen LogP contribution in [0.1, 0.15) is 25.8 Å². The van der Waals surface area contributed by atoms with Gasteiger partial charge in [-0.3, -0.25) is 4.98 Å². The van der Waals surface area contributed by atoms with Crippen LogP contribution in [0.2, 0.25) is 5.02 Å². The number of halogens is 1. The van der Waals surface area contributed by atoms with Gasteiger partial charge in [0.05, 0.1) is 15.6 Å². The van der Waals surface area contributed by atoms with Crippen molar-refractivity contribution in [2.24, 2.45) is 0 Å². The lowest BCUT2D eigenvalue weighted by molar-refractivity contribution is 0.262. The minimum Gasteiger partial charge on any atom is -0.308 e. The Bertz CT molecular complexity index is 1250. The summed E-state index contributed by atoms with van der Waals surface area (Å²) in [6.07, 6.45) is 3.54. The van der Waals surface area contributed by atoms with Crippen LogP contribution in [0.3, 0.4) is 0 Å². The van der Waals surface area contributed by atoms with Gasteiger partial charge >= 0.3 is 6.03 Å². The summed E-state index contributed by atoms with van der Waals surface area (Å²) in [5.74, 6) is 0. The average molecular weight is 463 g/mol.